The number of benzene rings is 1. The predicted octanol–water partition coefficient (Wildman–Crippen LogP) is 2.23. The molecule has 0 spiro atoms. The summed E-state index contributed by atoms with van der Waals surface area (Å²) in [6.45, 7) is 5.40. The number of hydrogen-bond acceptors (Lipinski definition) is 6. The lowest BCUT2D eigenvalue weighted by molar-refractivity contribution is -0.141. The quantitative estimate of drug-likeness (QED) is 0.630. The molecule has 22 heavy (non-hydrogen) atoms. The zero-order valence-electron chi connectivity index (χ0n) is 12.6. The highest BCUT2D eigenvalue weighted by Gasteiger charge is 2.27. The van der Waals surface area contributed by atoms with E-state index in [0.717, 1.165) is 0 Å². The largest absolute Gasteiger partial charge is 0.480 e. The molecule has 0 aliphatic rings. The van der Waals surface area contributed by atoms with Gasteiger partial charge in [-0.05, 0) is 26.0 Å². The molecule has 0 unspecified atom stereocenters. The summed E-state index contributed by atoms with van der Waals surface area (Å²) < 4.78 is 9.88. The van der Waals surface area contributed by atoms with Crippen LogP contribution in [0.3, 0.4) is 0 Å². The number of esters is 2. The van der Waals surface area contributed by atoms with Crippen LogP contribution in [0, 0.1) is 0 Å². The molecule has 0 aliphatic carbocycles. The van der Waals surface area contributed by atoms with Crippen molar-refractivity contribution in [3.63, 3.8) is 0 Å². The average molecular weight is 332 g/mol. The highest BCUT2D eigenvalue weighted by atomic mass is 35.5. The Balaban J connectivity index is 0.00000441. The van der Waals surface area contributed by atoms with Crippen molar-refractivity contribution in [2.24, 2.45) is 0 Å². The van der Waals surface area contributed by atoms with Gasteiger partial charge < -0.3 is 19.9 Å². The van der Waals surface area contributed by atoms with E-state index < -0.39 is 23.4 Å². The zero-order chi connectivity index (χ0) is 16.2. The van der Waals surface area contributed by atoms with Gasteiger partial charge in [0.25, 0.3) is 0 Å². The number of carboxylic acids is 1. The van der Waals surface area contributed by atoms with E-state index in [9.17, 15) is 14.4 Å². The third-order valence-electron chi connectivity index (χ3n) is 2.44. The van der Waals surface area contributed by atoms with Crippen molar-refractivity contribution in [1.82, 2.24) is 0 Å². The van der Waals surface area contributed by atoms with E-state index in [1.165, 1.54) is 45.9 Å². The summed E-state index contributed by atoms with van der Waals surface area (Å²) >= 11 is 0. The van der Waals surface area contributed by atoms with Crippen molar-refractivity contribution < 1.29 is 29.0 Å². The third-order valence-corrected chi connectivity index (χ3v) is 2.44. The minimum Gasteiger partial charge on any atom is -0.480 e. The van der Waals surface area contributed by atoms with Gasteiger partial charge in [0, 0.05) is 25.6 Å². The number of aliphatic carboxylic acids is 1. The molecule has 1 aromatic carbocycles. The molecule has 8 heteroatoms. The Morgan fingerprint density at radius 1 is 1.05 bits per heavy atom. The number of carbonyl (C=O) groups excluding carboxylic acids is 2. The van der Waals surface area contributed by atoms with E-state index in [2.05, 4.69) is 5.32 Å². The van der Waals surface area contributed by atoms with E-state index in [4.69, 9.17) is 14.6 Å². The van der Waals surface area contributed by atoms with Crippen LogP contribution in [0.15, 0.2) is 18.2 Å². The maximum atomic E-state index is 11.1. The maximum Gasteiger partial charge on any atom is 0.328 e. The molecule has 0 bridgehead atoms. The van der Waals surface area contributed by atoms with Gasteiger partial charge in [-0.15, -0.1) is 12.4 Å². The first-order chi connectivity index (χ1) is 9.61. The molecule has 0 aromatic heterocycles. The molecule has 0 atom stereocenters. The van der Waals surface area contributed by atoms with E-state index >= 15 is 0 Å². The Morgan fingerprint density at radius 2 is 1.55 bits per heavy atom. The minimum atomic E-state index is -1.21. The summed E-state index contributed by atoms with van der Waals surface area (Å²) in [4.78, 5) is 33.2. The maximum absolute atomic E-state index is 11.1. The summed E-state index contributed by atoms with van der Waals surface area (Å²) in [5.41, 5.74) is -0.800. The fraction of sp³-hybridized carbons (Fsp3) is 0.357. The molecule has 0 amide bonds. The summed E-state index contributed by atoms with van der Waals surface area (Å²) in [6.07, 6.45) is 0. The summed E-state index contributed by atoms with van der Waals surface area (Å²) in [5, 5.41) is 11.9. The molecule has 1 rings (SSSR count). The lowest BCUT2D eigenvalue weighted by atomic mass is 10.1. The van der Waals surface area contributed by atoms with Crippen molar-refractivity contribution >= 4 is 36.0 Å². The van der Waals surface area contributed by atoms with Crippen molar-refractivity contribution in [1.29, 1.82) is 0 Å². The van der Waals surface area contributed by atoms with Gasteiger partial charge in [-0.1, -0.05) is 0 Å². The topological polar surface area (TPSA) is 102 Å². The van der Waals surface area contributed by atoms with Crippen LogP contribution in [-0.2, 0) is 14.4 Å². The minimum absolute atomic E-state index is 0. The average Bonchev–Trinajstić information content (AvgIpc) is 2.30. The van der Waals surface area contributed by atoms with Crippen molar-refractivity contribution in [2.45, 2.75) is 33.2 Å². The molecule has 0 aliphatic heterocycles. The molecule has 2 N–H and O–H groups in total. The van der Waals surface area contributed by atoms with Crippen LogP contribution in [0.1, 0.15) is 27.7 Å². The smallest absolute Gasteiger partial charge is 0.328 e. The van der Waals surface area contributed by atoms with E-state index in [-0.39, 0.29) is 23.9 Å². The van der Waals surface area contributed by atoms with Crippen LogP contribution in [0.2, 0.25) is 0 Å². The first kappa shape index (κ1) is 19.7. The molecule has 0 radical (unpaired) electrons. The van der Waals surface area contributed by atoms with Gasteiger partial charge in [0.15, 0.2) is 11.5 Å². The van der Waals surface area contributed by atoms with Gasteiger partial charge in [0.1, 0.15) is 5.54 Å². The van der Waals surface area contributed by atoms with Gasteiger partial charge in [-0.2, -0.15) is 0 Å². The number of carbonyl (C=O) groups is 3. The first-order valence-electron chi connectivity index (χ1n) is 6.14. The number of nitrogens with one attached hydrogen (secondary N) is 1. The van der Waals surface area contributed by atoms with Crippen LogP contribution in [0.5, 0.6) is 11.5 Å². The Labute approximate surface area is 134 Å². The molecular weight excluding hydrogens is 314 g/mol. The van der Waals surface area contributed by atoms with Crippen molar-refractivity contribution in [3.05, 3.63) is 18.2 Å². The second kappa shape index (κ2) is 7.65. The highest BCUT2D eigenvalue weighted by Crippen LogP contribution is 2.32. The van der Waals surface area contributed by atoms with Crippen LogP contribution < -0.4 is 14.8 Å². The Kier molecular flexibility index (Phi) is 6.86. The Morgan fingerprint density at radius 3 is 2.00 bits per heavy atom. The lowest BCUT2D eigenvalue weighted by Gasteiger charge is -2.23. The third kappa shape index (κ3) is 5.61. The zero-order valence-corrected chi connectivity index (χ0v) is 13.4. The predicted molar refractivity (Wildman–Crippen MR) is 81.6 cm³/mol. The number of carboxylic acid groups (broad SMARTS) is 1. The second-order valence-electron chi connectivity index (χ2n) is 4.90. The molecule has 0 heterocycles. The van der Waals surface area contributed by atoms with Crippen molar-refractivity contribution in [3.8, 4) is 11.5 Å². The molecule has 122 valence electrons. The normalized spacial score (nSPS) is 10.2. The Hall–Kier alpha value is -2.28. The molecule has 0 saturated heterocycles. The lowest BCUT2D eigenvalue weighted by Crippen LogP contribution is -2.39. The van der Waals surface area contributed by atoms with Gasteiger partial charge >= 0.3 is 17.9 Å². The first-order valence-corrected chi connectivity index (χ1v) is 6.14. The second-order valence-corrected chi connectivity index (χ2v) is 4.90. The summed E-state index contributed by atoms with van der Waals surface area (Å²) in [7, 11) is 0. The molecule has 7 nitrogen and oxygen atoms in total. The van der Waals surface area contributed by atoms with Gasteiger partial charge in [0.05, 0.1) is 0 Å². The van der Waals surface area contributed by atoms with Gasteiger partial charge in [-0.3, -0.25) is 9.59 Å². The van der Waals surface area contributed by atoms with Crippen LogP contribution in [0.4, 0.5) is 5.69 Å². The number of halogens is 1. The summed E-state index contributed by atoms with van der Waals surface area (Å²) in [6, 6.07) is 4.33. The van der Waals surface area contributed by atoms with E-state index in [1.54, 1.807) is 0 Å². The van der Waals surface area contributed by atoms with Crippen molar-refractivity contribution in [2.75, 3.05) is 5.32 Å². The summed E-state index contributed by atoms with van der Waals surface area (Å²) in [5.74, 6) is -2.08. The fourth-order valence-corrected chi connectivity index (χ4v) is 1.47. The molecular formula is C14H18ClNO6. The number of hydrogen-bond donors (Lipinski definition) is 2. The van der Waals surface area contributed by atoms with Crippen LogP contribution in [-0.4, -0.2) is 28.6 Å². The van der Waals surface area contributed by atoms with Gasteiger partial charge in [0.2, 0.25) is 0 Å². The molecule has 0 fully saturated rings. The molecule has 0 saturated carbocycles. The standard InChI is InChI=1S/C14H17NO6.ClH/c1-8(16)20-11-6-5-10(7-12(11)21-9(2)17)15-14(3,4)13(18)19;/h5-7,15H,1-4H3,(H,18,19);1H. The number of ether oxygens (including phenoxy) is 2. The SMILES string of the molecule is CC(=O)Oc1ccc(NC(C)(C)C(=O)O)cc1OC(C)=O.Cl. The van der Waals surface area contributed by atoms with E-state index in [0.29, 0.717) is 5.69 Å². The number of anilines is 1. The highest BCUT2D eigenvalue weighted by molar-refractivity contribution is 5.85. The monoisotopic (exact) mass is 331 g/mol. The number of rotatable bonds is 5. The fourth-order valence-electron chi connectivity index (χ4n) is 1.47. The van der Waals surface area contributed by atoms with E-state index in [1.807, 2.05) is 0 Å². The van der Waals surface area contributed by atoms with Crippen LogP contribution >= 0.6 is 12.4 Å². The molecule has 1 aromatic rings. The van der Waals surface area contributed by atoms with Crippen LogP contribution in [0.25, 0.3) is 0 Å². The van der Waals surface area contributed by atoms with Gasteiger partial charge in [-0.25, -0.2) is 4.79 Å². The Bertz CT molecular complexity index is 585.